The minimum absolute atomic E-state index is 0.153. The molecular formula is C29H20N2O2S2. The maximum Gasteiger partial charge on any atom is 0.201 e. The summed E-state index contributed by atoms with van der Waals surface area (Å²) in [6.07, 6.45) is 1.15. The summed E-state index contributed by atoms with van der Waals surface area (Å²) in [6, 6.07) is 32.3. The van der Waals surface area contributed by atoms with Crippen molar-refractivity contribution in [2.45, 2.75) is 16.2 Å². The lowest BCUT2D eigenvalue weighted by molar-refractivity contribution is -0.117. The molecule has 0 bridgehead atoms. The number of thioether (sulfide) groups is 2. The Morgan fingerprint density at radius 1 is 0.657 bits per heavy atom. The molecule has 0 aliphatic rings. The van der Waals surface area contributed by atoms with Gasteiger partial charge in [0.25, 0.3) is 0 Å². The fourth-order valence-electron chi connectivity index (χ4n) is 3.39. The van der Waals surface area contributed by atoms with Crippen LogP contribution in [0.5, 0.6) is 0 Å². The Bertz CT molecular complexity index is 1390. The van der Waals surface area contributed by atoms with Gasteiger partial charge in [0.1, 0.15) is 0 Å². The summed E-state index contributed by atoms with van der Waals surface area (Å²) in [7, 11) is 0. The first-order valence-electron chi connectivity index (χ1n) is 10.8. The van der Waals surface area contributed by atoms with Crippen molar-refractivity contribution in [2.24, 2.45) is 0 Å². The molecule has 4 nitrogen and oxygen atoms in total. The molecule has 6 heteroatoms. The van der Waals surface area contributed by atoms with Crippen LogP contribution in [0.25, 0.3) is 22.3 Å². The standard InChI is InChI=1S/C29H20N2O2S2/c30-18-20-1-5-22(6-2-20)24-9-13-26(14-10-24)34-28(32)17-29(33)35-27-15-11-25(12-16-27)23-7-3-21(19-31)4-8-23/h1-16,18,30H,17H2. The van der Waals surface area contributed by atoms with Gasteiger partial charge in [-0.2, -0.15) is 5.26 Å². The second-order valence-corrected chi connectivity index (χ2v) is 9.89. The number of benzene rings is 4. The third-order valence-electron chi connectivity index (χ3n) is 5.22. The van der Waals surface area contributed by atoms with E-state index >= 15 is 0 Å². The normalized spacial score (nSPS) is 10.4. The summed E-state index contributed by atoms with van der Waals surface area (Å²) >= 11 is 2.13. The molecule has 0 heterocycles. The zero-order chi connectivity index (χ0) is 24.6. The van der Waals surface area contributed by atoms with Gasteiger partial charge in [0, 0.05) is 16.0 Å². The molecule has 0 saturated carbocycles. The van der Waals surface area contributed by atoms with Gasteiger partial charge in [-0.1, -0.05) is 84.2 Å². The maximum atomic E-state index is 12.4. The first-order chi connectivity index (χ1) is 17.0. The minimum Gasteiger partial charge on any atom is -0.308 e. The van der Waals surface area contributed by atoms with E-state index in [1.54, 1.807) is 12.1 Å². The Kier molecular flexibility index (Phi) is 7.94. The van der Waals surface area contributed by atoms with Crippen LogP contribution >= 0.6 is 23.5 Å². The van der Waals surface area contributed by atoms with Gasteiger partial charge in [0.15, 0.2) is 0 Å². The number of carbonyl (C=O) groups excluding carboxylic acids is 2. The first kappa shape index (κ1) is 24.2. The van der Waals surface area contributed by atoms with Crippen LogP contribution in [0.1, 0.15) is 17.5 Å². The van der Waals surface area contributed by atoms with Crippen molar-refractivity contribution in [3.63, 3.8) is 0 Å². The first-order valence-corrected chi connectivity index (χ1v) is 12.4. The maximum absolute atomic E-state index is 12.4. The molecule has 0 amide bonds. The highest BCUT2D eigenvalue weighted by Gasteiger charge is 2.13. The second kappa shape index (κ2) is 11.5. The highest BCUT2D eigenvalue weighted by molar-refractivity contribution is 8.15. The Morgan fingerprint density at radius 3 is 1.40 bits per heavy atom. The van der Waals surface area contributed by atoms with Crippen molar-refractivity contribution >= 4 is 40.0 Å². The Balaban J connectivity index is 1.30. The van der Waals surface area contributed by atoms with Crippen molar-refractivity contribution in [3.05, 3.63) is 108 Å². The fraction of sp³-hybridized carbons (Fsp3) is 0.0345. The van der Waals surface area contributed by atoms with Crippen LogP contribution < -0.4 is 0 Å². The Hall–Kier alpha value is -3.92. The SMILES string of the molecule is N#Cc1ccc(-c2ccc(SC(=O)CC(=O)Sc3ccc(-c4ccc(C=N)cc4)cc3)cc2)cc1. The fourth-order valence-corrected chi connectivity index (χ4v) is 4.96. The smallest absolute Gasteiger partial charge is 0.201 e. The number of nitriles is 1. The number of hydrogen-bond acceptors (Lipinski definition) is 6. The van der Waals surface area contributed by atoms with Crippen LogP contribution in [-0.2, 0) is 9.59 Å². The second-order valence-electron chi connectivity index (χ2n) is 7.63. The summed E-state index contributed by atoms with van der Waals surface area (Å²) in [5.41, 5.74) is 5.50. The molecule has 1 N–H and O–H groups in total. The van der Waals surface area contributed by atoms with Crippen LogP contribution in [0.15, 0.2) is 107 Å². The zero-order valence-electron chi connectivity index (χ0n) is 18.6. The number of rotatable bonds is 7. The van der Waals surface area contributed by atoms with E-state index in [9.17, 15) is 9.59 Å². The summed E-state index contributed by atoms with van der Waals surface area (Å²) < 4.78 is 0. The van der Waals surface area contributed by atoms with Crippen LogP contribution in [-0.4, -0.2) is 16.4 Å². The molecule has 4 aromatic carbocycles. The number of nitrogens with one attached hydrogen (secondary N) is 1. The van der Waals surface area contributed by atoms with Crippen molar-refractivity contribution < 1.29 is 9.59 Å². The Labute approximate surface area is 212 Å². The van der Waals surface area contributed by atoms with E-state index in [1.165, 1.54) is 6.21 Å². The lowest BCUT2D eigenvalue weighted by Gasteiger charge is -2.05. The monoisotopic (exact) mass is 492 g/mol. The van der Waals surface area contributed by atoms with Gasteiger partial charge in [0.2, 0.25) is 10.2 Å². The Morgan fingerprint density at radius 2 is 1.03 bits per heavy atom. The van der Waals surface area contributed by atoms with Gasteiger partial charge in [-0.15, -0.1) is 0 Å². The molecule has 35 heavy (non-hydrogen) atoms. The van der Waals surface area contributed by atoms with E-state index in [4.69, 9.17) is 10.7 Å². The lowest BCUT2D eigenvalue weighted by atomic mass is 10.0. The van der Waals surface area contributed by atoms with E-state index in [1.807, 2.05) is 84.9 Å². The van der Waals surface area contributed by atoms with Gasteiger partial charge in [-0.25, -0.2) is 0 Å². The summed E-state index contributed by atoms with van der Waals surface area (Å²) in [5.74, 6) is 0. The average molecular weight is 493 g/mol. The highest BCUT2D eigenvalue weighted by atomic mass is 32.2. The summed E-state index contributed by atoms with van der Waals surface area (Å²) in [5, 5.41) is 15.8. The van der Waals surface area contributed by atoms with Gasteiger partial charge in [-0.3, -0.25) is 9.59 Å². The summed E-state index contributed by atoms with van der Waals surface area (Å²) in [6.45, 7) is 0. The predicted octanol–water partition coefficient (Wildman–Crippen LogP) is 7.22. The molecule has 170 valence electrons. The van der Waals surface area contributed by atoms with Gasteiger partial charge >= 0.3 is 0 Å². The molecule has 0 aromatic heterocycles. The van der Waals surface area contributed by atoms with E-state index in [0.717, 1.165) is 61.1 Å². The average Bonchev–Trinajstić information content (AvgIpc) is 2.89. The topological polar surface area (TPSA) is 81.8 Å². The number of nitrogens with zero attached hydrogens (tertiary/aromatic N) is 1. The van der Waals surface area contributed by atoms with E-state index in [2.05, 4.69) is 6.07 Å². The van der Waals surface area contributed by atoms with Crippen LogP contribution in [0.2, 0.25) is 0 Å². The van der Waals surface area contributed by atoms with Crippen LogP contribution in [0.4, 0.5) is 0 Å². The van der Waals surface area contributed by atoms with Crippen molar-refractivity contribution in [1.29, 1.82) is 10.7 Å². The molecule has 0 spiro atoms. The van der Waals surface area contributed by atoms with Gasteiger partial charge in [-0.05, 0) is 64.2 Å². The largest absolute Gasteiger partial charge is 0.308 e. The van der Waals surface area contributed by atoms with Crippen LogP contribution in [0.3, 0.4) is 0 Å². The molecule has 0 aliphatic carbocycles. The molecule has 0 fully saturated rings. The van der Waals surface area contributed by atoms with E-state index < -0.39 is 0 Å². The van der Waals surface area contributed by atoms with Crippen molar-refractivity contribution in [1.82, 2.24) is 0 Å². The molecule has 0 radical (unpaired) electrons. The molecule has 0 atom stereocenters. The van der Waals surface area contributed by atoms with Crippen molar-refractivity contribution in [3.8, 4) is 28.3 Å². The molecule has 0 aliphatic heterocycles. The number of hydrogen-bond donors (Lipinski definition) is 1. The molecule has 0 unspecified atom stereocenters. The van der Waals surface area contributed by atoms with E-state index in [-0.39, 0.29) is 16.7 Å². The third-order valence-corrected chi connectivity index (χ3v) is 6.98. The third kappa shape index (κ3) is 6.57. The van der Waals surface area contributed by atoms with Gasteiger partial charge < -0.3 is 5.41 Å². The molecule has 0 saturated heterocycles. The minimum atomic E-state index is -0.198. The van der Waals surface area contributed by atoms with Crippen LogP contribution in [0, 0.1) is 16.7 Å². The lowest BCUT2D eigenvalue weighted by Crippen LogP contribution is -2.00. The van der Waals surface area contributed by atoms with Crippen molar-refractivity contribution in [2.75, 3.05) is 0 Å². The van der Waals surface area contributed by atoms with Gasteiger partial charge in [0.05, 0.1) is 18.1 Å². The highest BCUT2D eigenvalue weighted by Crippen LogP contribution is 2.29. The quantitative estimate of drug-likeness (QED) is 0.167. The summed E-state index contributed by atoms with van der Waals surface area (Å²) in [4.78, 5) is 26.4. The predicted molar refractivity (Wildman–Crippen MR) is 143 cm³/mol. The zero-order valence-corrected chi connectivity index (χ0v) is 20.2. The molecule has 4 aromatic rings. The number of carbonyl (C=O) groups is 2. The molecular weight excluding hydrogens is 472 g/mol. The van der Waals surface area contributed by atoms with E-state index in [0.29, 0.717) is 5.56 Å². The molecule has 4 rings (SSSR count).